The van der Waals surface area contributed by atoms with E-state index in [4.69, 9.17) is 5.11 Å². The highest BCUT2D eigenvalue weighted by Crippen LogP contribution is 2.19. The number of nitrogens with one attached hydrogen (secondary N) is 1. The average molecular weight is 225 g/mol. The van der Waals surface area contributed by atoms with Crippen LogP contribution in [0.3, 0.4) is 0 Å². The van der Waals surface area contributed by atoms with Gasteiger partial charge >= 0.3 is 0 Å². The van der Waals surface area contributed by atoms with E-state index in [9.17, 15) is 9.18 Å². The number of rotatable bonds is 5. The zero-order valence-corrected chi connectivity index (χ0v) is 9.46. The molecule has 0 amide bonds. The Labute approximate surface area is 94.3 Å². The second kappa shape index (κ2) is 5.61. The molecule has 3 nitrogen and oxygen atoms in total. The van der Waals surface area contributed by atoms with E-state index < -0.39 is 5.82 Å². The van der Waals surface area contributed by atoms with Gasteiger partial charge in [0.2, 0.25) is 0 Å². The van der Waals surface area contributed by atoms with Crippen LogP contribution in [0.2, 0.25) is 0 Å². The van der Waals surface area contributed by atoms with Crippen molar-refractivity contribution in [1.29, 1.82) is 0 Å². The summed E-state index contributed by atoms with van der Waals surface area (Å²) in [6, 6.07) is 4.47. The van der Waals surface area contributed by atoms with Crippen LogP contribution in [0.25, 0.3) is 0 Å². The van der Waals surface area contributed by atoms with Crippen LogP contribution >= 0.6 is 0 Å². The molecule has 0 radical (unpaired) electrons. The highest BCUT2D eigenvalue weighted by atomic mass is 19.1. The van der Waals surface area contributed by atoms with Gasteiger partial charge in [0.05, 0.1) is 5.56 Å². The summed E-state index contributed by atoms with van der Waals surface area (Å²) in [5.41, 5.74) is 0.556. The lowest BCUT2D eigenvalue weighted by Gasteiger charge is -2.13. The molecule has 0 fully saturated rings. The van der Waals surface area contributed by atoms with Gasteiger partial charge in [-0.3, -0.25) is 4.79 Å². The fraction of sp³-hybridized carbons (Fsp3) is 0.417. The minimum absolute atomic E-state index is 0.0533. The quantitative estimate of drug-likeness (QED) is 0.754. The summed E-state index contributed by atoms with van der Waals surface area (Å²) in [5, 5.41) is 11.8. The predicted octanol–water partition coefficient (Wildman–Crippen LogP) is 2.07. The number of aliphatic hydroxyl groups excluding tert-OH is 1. The lowest BCUT2D eigenvalue weighted by molar-refractivity contribution is 0.101. The first kappa shape index (κ1) is 12.6. The van der Waals surface area contributed by atoms with Gasteiger partial charge in [-0.2, -0.15) is 0 Å². The zero-order chi connectivity index (χ0) is 12.1. The van der Waals surface area contributed by atoms with Gasteiger partial charge in [-0.1, -0.05) is 13.0 Å². The Morgan fingerprint density at radius 1 is 1.56 bits per heavy atom. The van der Waals surface area contributed by atoms with E-state index in [1.807, 2.05) is 6.92 Å². The molecule has 88 valence electrons. The Morgan fingerprint density at radius 3 is 2.81 bits per heavy atom. The number of aliphatic hydroxyl groups is 1. The van der Waals surface area contributed by atoms with Crippen LogP contribution in [0, 0.1) is 11.7 Å². The third-order valence-corrected chi connectivity index (χ3v) is 2.32. The van der Waals surface area contributed by atoms with Crippen LogP contribution < -0.4 is 5.32 Å². The van der Waals surface area contributed by atoms with Crippen LogP contribution in [0.4, 0.5) is 10.1 Å². The molecule has 1 aromatic carbocycles. The van der Waals surface area contributed by atoms with E-state index in [0.717, 1.165) is 0 Å². The zero-order valence-electron chi connectivity index (χ0n) is 9.46. The van der Waals surface area contributed by atoms with Crippen molar-refractivity contribution < 1.29 is 14.3 Å². The van der Waals surface area contributed by atoms with Crippen molar-refractivity contribution in [1.82, 2.24) is 0 Å². The lowest BCUT2D eigenvalue weighted by atomic mass is 10.1. The highest BCUT2D eigenvalue weighted by Gasteiger charge is 2.12. The number of carbonyl (C=O) groups excluding carboxylic acids is 1. The molecule has 1 aromatic rings. The number of benzene rings is 1. The van der Waals surface area contributed by atoms with E-state index >= 15 is 0 Å². The topological polar surface area (TPSA) is 49.3 Å². The molecule has 0 aliphatic heterocycles. The summed E-state index contributed by atoms with van der Waals surface area (Å²) in [6.07, 6.45) is 0. The van der Waals surface area contributed by atoms with E-state index in [0.29, 0.717) is 12.2 Å². The van der Waals surface area contributed by atoms with Crippen LogP contribution in [0.5, 0.6) is 0 Å². The second-order valence-electron chi connectivity index (χ2n) is 3.89. The number of carbonyl (C=O) groups is 1. The largest absolute Gasteiger partial charge is 0.396 e. The van der Waals surface area contributed by atoms with E-state index in [-0.39, 0.29) is 23.9 Å². The number of halogens is 1. The number of anilines is 1. The summed E-state index contributed by atoms with van der Waals surface area (Å²) >= 11 is 0. The maximum atomic E-state index is 13.4. The molecule has 0 bridgehead atoms. The van der Waals surface area contributed by atoms with Crippen molar-refractivity contribution in [3.8, 4) is 0 Å². The predicted molar refractivity (Wildman–Crippen MR) is 61.1 cm³/mol. The van der Waals surface area contributed by atoms with Crippen molar-refractivity contribution in [3.63, 3.8) is 0 Å². The Morgan fingerprint density at radius 2 is 2.25 bits per heavy atom. The van der Waals surface area contributed by atoms with Gasteiger partial charge in [-0.25, -0.2) is 4.39 Å². The average Bonchev–Trinajstić information content (AvgIpc) is 2.25. The first-order valence-corrected chi connectivity index (χ1v) is 5.20. The molecular weight excluding hydrogens is 209 g/mol. The normalized spacial score (nSPS) is 12.2. The molecule has 0 saturated carbocycles. The molecule has 0 heterocycles. The van der Waals surface area contributed by atoms with E-state index in [1.54, 1.807) is 12.1 Å². The number of hydrogen-bond acceptors (Lipinski definition) is 3. The minimum atomic E-state index is -0.519. The Balaban J connectivity index is 2.87. The maximum Gasteiger partial charge on any atom is 0.164 e. The Hall–Kier alpha value is -1.42. The summed E-state index contributed by atoms with van der Waals surface area (Å²) < 4.78 is 13.4. The van der Waals surface area contributed by atoms with Crippen LogP contribution in [0.1, 0.15) is 24.2 Å². The third-order valence-electron chi connectivity index (χ3n) is 2.32. The van der Waals surface area contributed by atoms with Crippen LogP contribution in [0.15, 0.2) is 18.2 Å². The molecule has 1 unspecified atom stereocenters. The van der Waals surface area contributed by atoms with Gasteiger partial charge in [0.15, 0.2) is 5.78 Å². The second-order valence-corrected chi connectivity index (χ2v) is 3.89. The minimum Gasteiger partial charge on any atom is -0.396 e. The standard InChI is InChI=1S/C12H16FNO2/c1-8(7-15)6-14-11-5-3-4-10(13)12(11)9(2)16/h3-5,8,14-15H,6-7H2,1-2H3. The summed E-state index contributed by atoms with van der Waals surface area (Å²) in [6.45, 7) is 3.75. The monoisotopic (exact) mass is 225 g/mol. The van der Waals surface area contributed by atoms with Crippen molar-refractivity contribution >= 4 is 11.5 Å². The summed E-state index contributed by atoms with van der Waals surface area (Å²) in [4.78, 5) is 11.3. The van der Waals surface area contributed by atoms with Crippen molar-refractivity contribution in [3.05, 3.63) is 29.6 Å². The van der Waals surface area contributed by atoms with Gasteiger partial charge in [-0.05, 0) is 25.0 Å². The van der Waals surface area contributed by atoms with Gasteiger partial charge in [-0.15, -0.1) is 0 Å². The molecule has 2 N–H and O–H groups in total. The van der Waals surface area contributed by atoms with Crippen LogP contribution in [-0.2, 0) is 0 Å². The van der Waals surface area contributed by atoms with Gasteiger partial charge in [0.1, 0.15) is 5.82 Å². The van der Waals surface area contributed by atoms with E-state index in [2.05, 4.69) is 5.32 Å². The molecule has 0 aliphatic carbocycles. The molecule has 0 spiro atoms. The smallest absolute Gasteiger partial charge is 0.164 e. The van der Waals surface area contributed by atoms with Gasteiger partial charge < -0.3 is 10.4 Å². The highest BCUT2D eigenvalue weighted by molar-refractivity contribution is 5.99. The van der Waals surface area contributed by atoms with Crippen molar-refractivity contribution in [2.75, 3.05) is 18.5 Å². The SMILES string of the molecule is CC(=O)c1c(F)cccc1NCC(C)CO. The lowest BCUT2D eigenvalue weighted by Crippen LogP contribution is -2.16. The molecule has 1 rings (SSSR count). The molecule has 0 aliphatic rings. The first-order chi connectivity index (χ1) is 7.56. The third kappa shape index (κ3) is 3.03. The first-order valence-electron chi connectivity index (χ1n) is 5.20. The Kier molecular flexibility index (Phi) is 4.43. The van der Waals surface area contributed by atoms with Gasteiger partial charge in [0.25, 0.3) is 0 Å². The molecule has 0 aromatic heterocycles. The molecule has 16 heavy (non-hydrogen) atoms. The molecule has 1 atom stereocenters. The number of ketones is 1. The fourth-order valence-electron chi connectivity index (χ4n) is 1.38. The van der Waals surface area contributed by atoms with Crippen molar-refractivity contribution in [2.45, 2.75) is 13.8 Å². The summed E-state index contributed by atoms with van der Waals surface area (Å²) in [5.74, 6) is -0.769. The molecular formula is C12H16FNO2. The van der Waals surface area contributed by atoms with Crippen LogP contribution in [-0.4, -0.2) is 24.0 Å². The van der Waals surface area contributed by atoms with Gasteiger partial charge in [0, 0.05) is 18.8 Å². The number of Topliss-reactive ketones (excluding diaryl/α,β-unsaturated/α-hetero) is 1. The molecule has 4 heteroatoms. The number of hydrogen-bond donors (Lipinski definition) is 2. The summed E-state index contributed by atoms with van der Waals surface area (Å²) in [7, 11) is 0. The Bertz CT molecular complexity index is 379. The fourth-order valence-corrected chi connectivity index (χ4v) is 1.38. The molecule has 0 saturated heterocycles. The van der Waals surface area contributed by atoms with E-state index in [1.165, 1.54) is 13.0 Å². The maximum absolute atomic E-state index is 13.4. The van der Waals surface area contributed by atoms with Crippen molar-refractivity contribution in [2.24, 2.45) is 5.92 Å².